The highest BCUT2D eigenvalue weighted by atomic mass is 32.1. The third kappa shape index (κ3) is 2.28. The van der Waals surface area contributed by atoms with E-state index in [-0.39, 0.29) is 16.4 Å². The molecular formula is C12H12N2O4S. The monoisotopic (exact) mass is 280 g/mol. The van der Waals surface area contributed by atoms with Crippen LogP contribution in [0.1, 0.15) is 38.5 Å². The molecule has 0 saturated carbocycles. The largest absolute Gasteiger partial charge is 0.464 e. The summed E-state index contributed by atoms with van der Waals surface area (Å²) >= 11 is 1.14. The van der Waals surface area contributed by atoms with E-state index in [0.29, 0.717) is 22.0 Å². The second-order valence-corrected chi connectivity index (χ2v) is 4.94. The molecule has 7 heteroatoms. The zero-order chi connectivity index (χ0) is 14.2. The maximum Gasteiger partial charge on any atom is 0.358 e. The van der Waals surface area contributed by atoms with Gasteiger partial charge in [-0.25, -0.2) is 9.78 Å². The Bertz CT molecular complexity index is 637. The number of hydrogen-bond acceptors (Lipinski definition) is 7. The molecule has 2 heterocycles. The molecule has 2 aromatic heterocycles. The molecule has 6 nitrogen and oxygen atoms in total. The average Bonchev–Trinajstić information content (AvgIpc) is 2.92. The second kappa shape index (κ2) is 4.93. The van der Waals surface area contributed by atoms with Crippen molar-refractivity contribution in [3.8, 4) is 10.6 Å². The minimum Gasteiger partial charge on any atom is -0.464 e. The molecule has 0 bridgehead atoms. The number of aryl methyl sites for hydroxylation is 2. The number of hydrogen-bond donors (Lipinski definition) is 0. The highest BCUT2D eigenvalue weighted by Crippen LogP contribution is 2.33. The lowest BCUT2D eigenvalue weighted by Crippen LogP contribution is -2.06. The molecule has 0 fully saturated rings. The van der Waals surface area contributed by atoms with Crippen molar-refractivity contribution in [3.05, 3.63) is 22.0 Å². The lowest BCUT2D eigenvalue weighted by atomic mass is 10.2. The summed E-state index contributed by atoms with van der Waals surface area (Å²) in [7, 11) is 1.25. The van der Waals surface area contributed by atoms with Gasteiger partial charge in [0.15, 0.2) is 11.5 Å². The van der Waals surface area contributed by atoms with Crippen molar-refractivity contribution in [3.63, 3.8) is 0 Å². The number of esters is 1. The van der Waals surface area contributed by atoms with Crippen molar-refractivity contribution in [2.45, 2.75) is 20.8 Å². The van der Waals surface area contributed by atoms with E-state index in [4.69, 9.17) is 4.52 Å². The maximum atomic E-state index is 11.6. The quantitative estimate of drug-likeness (QED) is 0.634. The summed E-state index contributed by atoms with van der Waals surface area (Å²) in [6, 6.07) is 0. The van der Waals surface area contributed by atoms with Gasteiger partial charge in [-0.2, -0.15) is 0 Å². The van der Waals surface area contributed by atoms with E-state index in [1.165, 1.54) is 14.0 Å². The zero-order valence-corrected chi connectivity index (χ0v) is 11.8. The number of carbonyl (C=O) groups is 2. The fourth-order valence-electron chi connectivity index (χ4n) is 1.69. The SMILES string of the molecule is COC(=O)c1nc(-c2c(C)noc2C)sc1C(C)=O. The van der Waals surface area contributed by atoms with Gasteiger partial charge in [0.05, 0.1) is 18.4 Å². The van der Waals surface area contributed by atoms with Crippen LogP contribution in [-0.2, 0) is 4.74 Å². The van der Waals surface area contributed by atoms with E-state index in [2.05, 4.69) is 14.9 Å². The number of nitrogens with zero attached hydrogens (tertiary/aromatic N) is 2. The molecule has 2 aromatic rings. The first kappa shape index (κ1) is 13.4. The van der Waals surface area contributed by atoms with Crippen LogP contribution in [0.4, 0.5) is 0 Å². The Morgan fingerprint density at radius 2 is 2.00 bits per heavy atom. The van der Waals surface area contributed by atoms with Gasteiger partial charge in [-0.15, -0.1) is 11.3 Å². The summed E-state index contributed by atoms with van der Waals surface area (Å²) in [5.74, 6) is -0.256. The first-order valence-electron chi connectivity index (χ1n) is 5.49. The van der Waals surface area contributed by atoms with Gasteiger partial charge >= 0.3 is 5.97 Å². The Hall–Kier alpha value is -2.02. The van der Waals surface area contributed by atoms with Gasteiger partial charge in [0.25, 0.3) is 0 Å². The van der Waals surface area contributed by atoms with Crippen molar-refractivity contribution in [1.82, 2.24) is 10.1 Å². The maximum absolute atomic E-state index is 11.6. The number of ketones is 1. The van der Waals surface area contributed by atoms with Crippen LogP contribution >= 0.6 is 11.3 Å². The van der Waals surface area contributed by atoms with Crippen molar-refractivity contribution in [2.24, 2.45) is 0 Å². The van der Waals surface area contributed by atoms with Crippen molar-refractivity contribution in [1.29, 1.82) is 0 Å². The third-order valence-electron chi connectivity index (χ3n) is 2.57. The molecule has 0 aliphatic heterocycles. The van der Waals surface area contributed by atoms with E-state index in [9.17, 15) is 9.59 Å². The Kier molecular flexibility index (Phi) is 3.48. The number of carbonyl (C=O) groups excluding carboxylic acids is 2. The Balaban J connectivity index is 2.61. The lowest BCUT2D eigenvalue weighted by Gasteiger charge is -1.95. The summed E-state index contributed by atoms with van der Waals surface area (Å²) in [5.41, 5.74) is 1.41. The van der Waals surface area contributed by atoms with Crippen LogP contribution in [0.2, 0.25) is 0 Å². The minimum absolute atomic E-state index is 0.0370. The predicted octanol–water partition coefficient (Wildman–Crippen LogP) is 2.40. The van der Waals surface area contributed by atoms with Gasteiger partial charge in [-0.1, -0.05) is 5.16 Å². The normalized spacial score (nSPS) is 10.5. The molecule has 0 aliphatic carbocycles. The topological polar surface area (TPSA) is 82.3 Å². The van der Waals surface area contributed by atoms with Gasteiger partial charge in [-0.3, -0.25) is 4.79 Å². The van der Waals surface area contributed by atoms with Crippen molar-refractivity contribution < 1.29 is 18.8 Å². The van der Waals surface area contributed by atoms with Crippen LogP contribution in [0.25, 0.3) is 10.6 Å². The molecule has 0 saturated heterocycles. The fraction of sp³-hybridized carbons (Fsp3) is 0.333. The summed E-state index contributed by atoms with van der Waals surface area (Å²) in [6.45, 7) is 4.91. The molecule has 0 radical (unpaired) electrons. The van der Waals surface area contributed by atoms with Gasteiger partial charge in [0.1, 0.15) is 15.6 Å². The molecule has 0 atom stereocenters. The van der Waals surface area contributed by atoms with E-state index in [0.717, 1.165) is 11.3 Å². The highest BCUT2D eigenvalue weighted by molar-refractivity contribution is 7.17. The molecule has 0 N–H and O–H groups in total. The van der Waals surface area contributed by atoms with Crippen LogP contribution in [0.15, 0.2) is 4.52 Å². The number of thiazole rings is 1. The Morgan fingerprint density at radius 3 is 2.47 bits per heavy atom. The number of methoxy groups -OCH3 is 1. The lowest BCUT2D eigenvalue weighted by molar-refractivity contribution is 0.0591. The van der Waals surface area contributed by atoms with Crippen molar-refractivity contribution >= 4 is 23.1 Å². The molecule has 0 aliphatic rings. The highest BCUT2D eigenvalue weighted by Gasteiger charge is 2.25. The van der Waals surface area contributed by atoms with Crippen molar-refractivity contribution in [2.75, 3.05) is 7.11 Å². The summed E-state index contributed by atoms with van der Waals surface area (Å²) in [6.07, 6.45) is 0. The second-order valence-electron chi connectivity index (χ2n) is 3.94. The number of aromatic nitrogens is 2. The van der Waals surface area contributed by atoms with Gasteiger partial charge in [0, 0.05) is 6.92 Å². The average molecular weight is 280 g/mol. The van der Waals surface area contributed by atoms with E-state index in [1.807, 2.05) is 0 Å². The van der Waals surface area contributed by atoms with Gasteiger partial charge in [0.2, 0.25) is 0 Å². The summed E-state index contributed by atoms with van der Waals surface area (Å²) < 4.78 is 9.69. The standard InChI is InChI=1S/C12H12N2O4S/c1-5-8(7(3)18-14-5)11-13-9(12(16)17-4)10(19-11)6(2)15/h1-4H3. The molecular weight excluding hydrogens is 268 g/mol. The Morgan fingerprint density at radius 1 is 1.32 bits per heavy atom. The molecule has 0 spiro atoms. The number of rotatable bonds is 3. The van der Waals surface area contributed by atoms with Crippen LogP contribution in [-0.4, -0.2) is 29.0 Å². The number of Topliss-reactive ketones (excluding diaryl/α,β-unsaturated/α-hetero) is 1. The van der Waals surface area contributed by atoms with Crippen LogP contribution < -0.4 is 0 Å². The van der Waals surface area contributed by atoms with E-state index in [1.54, 1.807) is 13.8 Å². The van der Waals surface area contributed by atoms with Crippen LogP contribution in [0, 0.1) is 13.8 Å². The van der Waals surface area contributed by atoms with Gasteiger partial charge < -0.3 is 9.26 Å². The molecule has 0 aromatic carbocycles. The van der Waals surface area contributed by atoms with Crippen LogP contribution in [0.3, 0.4) is 0 Å². The predicted molar refractivity (Wildman–Crippen MR) is 68.4 cm³/mol. The molecule has 19 heavy (non-hydrogen) atoms. The molecule has 0 amide bonds. The van der Waals surface area contributed by atoms with Gasteiger partial charge in [-0.05, 0) is 13.8 Å². The third-order valence-corrected chi connectivity index (χ3v) is 3.75. The molecule has 2 rings (SSSR count). The zero-order valence-electron chi connectivity index (χ0n) is 10.9. The fourth-order valence-corrected chi connectivity index (χ4v) is 2.78. The first-order valence-corrected chi connectivity index (χ1v) is 6.30. The molecule has 100 valence electrons. The summed E-state index contributed by atoms with van der Waals surface area (Å²) in [4.78, 5) is 27.7. The van der Waals surface area contributed by atoms with E-state index < -0.39 is 5.97 Å². The molecule has 0 unspecified atom stereocenters. The first-order chi connectivity index (χ1) is 8.95. The van der Waals surface area contributed by atoms with E-state index >= 15 is 0 Å². The number of ether oxygens (including phenoxy) is 1. The minimum atomic E-state index is -0.625. The smallest absolute Gasteiger partial charge is 0.358 e. The summed E-state index contributed by atoms with van der Waals surface area (Å²) in [5, 5.41) is 4.36. The van der Waals surface area contributed by atoms with Crippen LogP contribution in [0.5, 0.6) is 0 Å². The Labute approximate surface area is 113 Å².